The molecule has 0 radical (unpaired) electrons. The lowest BCUT2D eigenvalue weighted by Gasteiger charge is -2.04. The molecule has 0 unspecified atom stereocenters. The highest BCUT2D eigenvalue weighted by atomic mass is 32.2. The van der Waals surface area contributed by atoms with Gasteiger partial charge in [0.1, 0.15) is 5.82 Å². The first kappa shape index (κ1) is 12.6. The maximum absolute atomic E-state index is 12.9. The van der Waals surface area contributed by atoms with Gasteiger partial charge in [-0.1, -0.05) is 0 Å². The van der Waals surface area contributed by atoms with Gasteiger partial charge in [0, 0.05) is 0 Å². The minimum atomic E-state index is -4.17. The summed E-state index contributed by atoms with van der Waals surface area (Å²) in [6.45, 7) is 2.89. The molecule has 4 nitrogen and oxygen atoms in total. The minimum absolute atomic E-state index is 0.0295. The van der Waals surface area contributed by atoms with Gasteiger partial charge in [-0.15, -0.1) is 0 Å². The van der Waals surface area contributed by atoms with Crippen molar-refractivity contribution < 1.29 is 22.3 Å². The summed E-state index contributed by atoms with van der Waals surface area (Å²) in [4.78, 5) is 10.9. The van der Waals surface area contributed by atoms with Crippen molar-refractivity contribution in [1.29, 1.82) is 0 Å². The normalized spacial score (nSPS) is 11.2. The zero-order valence-electron chi connectivity index (χ0n) is 8.86. The third-order valence-electron chi connectivity index (χ3n) is 1.92. The van der Waals surface area contributed by atoms with Crippen LogP contribution in [0.5, 0.6) is 0 Å². The molecule has 0 heterocycles. The molecule has 0 amide bonds. The molecule has 6 heteroatoms. The number of benzene rings is 1. The average Bonchev–Trinajstić information content (AvgIpc) is 2.22. The highest BCUT2D eigenvalue weighted by Crippen LogP contribution is 2.17. The summed E-state index contributed by atoms with van der Waals surface area (Å²) in [7, 11) is -4.17. The molecule has 0 atom stereocenters. The molecule has 1 rings (SSSR count). The number of ether oxygens (including phenoxy) is 1. The van der Waals surface area contributed by atoms with Gasteiger partial charge in [-0.3, -0.25) is 0 Å². The van der Waals surface area contributed by atoms with Crippen LogP contribution in [0.3, 0.4) is 0 Å². The Balaban J connectivity index is 3.18. The molecule has 0 aromatic heterocycles. The SMILES string of the molecule is CCOC(=O)S(=O)(=O)c1ccc(F)c(C)c1. The summed E-state index contributed by atoms with van der Waals surface area (Å²) in [6, 6.07) is 3.14. The van der Waals surface area contributed by atoms with Crippen LogP contribution in [0.15, 0.2) is 23.1 Å². The zero-order valence-corrected chi connectivity index (χ0v) is 9.67. The Morgan fingerprint density at radius 3 is 2.56 bits per heavy atom. The second-order valence-electron chi connectivity index (χ2n) is 3.10. The molecule has 0 aliphatic carbocycles. The number of sulfone groups is 1. The van der Waals surface area contributed by atoms with Gasteiger partial charge in [-0.05, 0) is 37.6 Å². The van der Waals surface area contributed by atoms with Gasteiger partial charge >= 0.3 is 5.30 Å². The topological polar surface area (TPSA) is 60.4 Å². The third kappa shape index (κ3) is 2.38. The summed E-state index contributed by atoms with van der Waals surface area (Å²) >= 11 is 0. The number of carbonyl (C=O) groups excluding carboxylic acids is 1. The Kier molecular flexibility index (Phi) is 3.64. The van der Waals surface area contributed by atoms with Gasteiger partial charge in [0.2, 0.25) is 0 Å². The minimum Gasteiger partial charge on any atom is -0.454 e. The van der Waals surface area contributed by atoms with Crippen LogP contribution in [0, 0.1) is 12.7 Å². The number of rotatable bonds is 2. The van der Waals surface area contributed by atoms with Crippen molar-refractivity contribution in [2.24, 2.45) is 0 Å². The predicted molar refractivity (Wildman–Crippen MR) is 55.3 cm³/mol. The van der Waals surface area contributed by atoms with Gasteiger partial charge in [-0.2, -0.15) is 0 Å². The maximum atomic E-state index is 12.9. The van der Waals surface area contributed by atoms with Crippen LogP contribution in [0.25, 0.3) is 0 Å². The first-order chi connectivity index (χ1) is 7.39. The largest absolute Gasteiger partial charge is 0.454 e. The van der Waals surface area contributed by atoms with E-state index in [0.717, 1.165) is 18.2 Å². The third-order valence-corrected chi connectivity index (χ3v) is 3.35. The van der Waals surface area contributed by atoms with Crippen LogP contribution < -0.4 is 0 Å². The molecule has 0 fully saturated rings. The average molecular weight is 246 g/mol. The fraction of sp³-hybridized carbons (Fsp3) is 0.300. The predicted octanol–water partition coefficient (Wildman–Crippen LogP) is 2.06. The van der Waals surface area contributed by atoms with Crippen molar-refractivity contribution in [2.45, 2.75) is 18.7 Å². The maximum Gasteiger partial charge on any atom is 0.429 e. The quantitative estimate of drug-likeness (QED) is 0.592. The van der Waals surface area contributed by atoms with E-state index in [4.69, 9.17) is 0 Å². The number of aryl methyl sites for hydroxylation is 1. The Morgan fingerprint density at radius 1 is 1.44 bits per heavy atom. The molecular weight excluding hydrogens is 235 g/mol. The van der Waals surface area contributed by atoms with E-state index >= 15 is 0 Å². The van der Waals surface area contributed by atoms with E-state index in [-0.39, 0.29) is 17.1 Å². The van der Waals surface area contributed by atoms with E-state index in [2.05, 4.69) is 4.74 Å². The molecule has 1 aromatic rings. The second-order valence-corrected chi connectivity index (χ2v) is 4.91. The van der Waals surface area contributed by atoms with Crippen LogP contribution in [0.1, 0.15) is 12.5 Å². The summed E-state index contributed by atoms with van der Waals surface area (Å²) in [5, 5.41) is -1.32. The fourth-order valence-electron chi connectivity index (χ4n) is 1.08. The lowest BCUT2D eigenvalue weighted by atomic mass is 10.2. The Morgan fingerprint density at radius 2 is 2.06 bits per heavy atom. The van der Waals surface area contributed by atoms with Crippen LogP contribution in [0.2, 0.25) is 0 Å². The first-order valence-electron chi connectivity index (χ1n) is 4.57. The van der Waals surface area contributed by atoms with Crippen molar-refractivity contribution in [2.75, 3.05) is 6.61 Å². The number of hydrogen-bond acceptors (Lipinski definition) is 4. The Bertz CT molecular complexity index is 508. The van der Waals surface area contributed by atoms with E-state index in [1.807, 2.05) is 0 Å². The summed E-state index contributed by atoms with van der Waals surface area (Å²) in [5.41, 5.74) is 0.158. The van der Waals surface area contributed by atoms with Gasteiger partial charge in [0.15, 0.2) is 0 Å². The Labute approximate surface area is 93.0 Å². The number of hydrogen-bond donors (Lipinski definition) is 0. The van der Waals surface area contributed by atoms with Gasteiger partial charge in [0.05, 0.1) is 11.5 Å². The van der Waals surface area contributed by atoms with Crippen LogP contribution in [0.4, 0.5) is 9.18 Å². The monoisotopic (exact) mass is 246 g/mol. The molecular formula is C10H11FO4S. The molecule has 0 bridgehead atoms. The van der Waals surface area contributed by atoms with Crippen LogP contribution >= 0.6 is 0 Å². The standard InChI is InChI=1S/C10H11FO4S/c1-3-15-10(12)16(13,14)8-4-5-9(11)7(2)6-8/h4-6H,3H2,1-2H3. The van der Waals surface area contributed by atoms with Crippen molar-refractivity contribution in [3.63, 3.8) is 0 Å². The highest BCUT2D eigenvalue weighted by molar-refractivity contribution is 8.05. The van der Waals surface area contributed by atoms with Crippen molar-refractivity contribution >= 4 is 15.1 Å². The molecule has 0 saturated heterocycles. The number of halogens is 1. The second kappa shape index (κ2) is 4.61. The summed E-state index contributed by atoms with van der Waals surface area (Å²) < 4.78 is 40.5. The molecule has 0 N–H and O–H groups in total. The lowest BCUT2D eigenvalue weighted by molar-refractivity contribution is 0.178. The lowest BCUT2D eigenvalue weighted by Crippen LogP contribution is -2.16. The van der Waals surface area contributed by atoms with Crippen molar-refractivity contribution in [3.8, 4) is 0 Å². The molecule has 0 spiro atoms. The van der Waals surface area contributed by atoms with Crippen molar-refractivity contribution in [1.82, 2.24) is 0 Å². The number of carbonyl (C=O) groups is 1. The van der Waals surface area contributed by atoms with E-state index in [0.29, 0.717) is 0 Å². The molecule has 0 aliphatic heterocycles. The van der Waals surface area contributed by atoms with Crippen LogP contribution in [-0.2, 0) is 14.6 Å². The smallest absolute Gasteiger partial charge is 0.429 e. The first-order valence-corrected chi connectivity index (χ1v) is 6.06. The van der Waals surface area contributed by atoms with Gasteiger partial charge in [-0.25, -0.2) is 17.6 Å². The van der Waals surface area contributed by atoms with Gasteiger partial charge in [0.25, 0.3) is 9.84 Å². The van der Waals surface area contributed by atoms with Crippen molar-refractivity contribution in [3.05, 3.63) is 29.6 Å². The summed E-state index contributed by atoms with van der Waals surface area (Å²) in [6.07, 6.45) is 0. The molecule has 0 saturated carbocycles. The van der Waals surface area contributed by atoms with Crippen LogP contribution in [-0.4, -0.2) is 20.3 Å². The van der Waals surface area contributed by atoms with Gasteiger partial charge < -0.3 is 4.74 Å². The van der Waals surface area contributed by atoms with E-state index in [1.54, 1.807) is 0 Å². The molecule has 0 aliphatic rings. The Hall–Kier alpha value is -1.43. The van der Waals surface area contributed by atoms with E-state index in [9.17, 15) is 17.6 Å². The van der Waals surface area contributed by atoms with E-state index < -0.39 is 21.0 Å². The molecule has 16 heavy (non-hydrogen) atoms. The summed E-state index contributed by atoms with van der Waals surface area (Å²) in [5.74, 6) is -0.525. The molecule has 1 aromatic carbocycles. The molecule has 88 valence electrons. The van der Waals surface area contributed by atoms with E-state index in [1.165, 1.54) is 13.8 Å². The fourth-order valence-corrected chi connectivity index (χ4v) is 2.12. The highest BCUT2D eigenvalue weighted by Gasteiger charge is 2.26. The zero-order chi connectivity index (χ0) is 12.3.